The lowest BCUT2D eigenvalue weighted by atomic mass is 10.1. The Labute approximate surface area is 186 Å². The predicted octanol–water partition coefficient (Wildman–Crippen LogP) is 3.96. The molecule has 32 heavy (non-hydrogen) atoms. The average molecular weight is 448 g/mol. The summed E-state index contributed by atoms with van der Waals surface area (Å²) in [7, 11) is -2.41. The number of hydrogen-bond acceptors (Lipinski definition) is 5. The molecule has 0 bridgehead atoms. The lowest BCUT2D eigenvalue weighted by Gasteiger charge is -2.24. The molecule has 0 saturated carbocycles. The van der Waals surface area contributed by atoms with Crippen LogP contribution >= 0.6 is 0 Å². The summed E-state index contributed by atoms with van der Waals surface area (Å²) in [6.07, 6.45) is 0.630. The van der Waals surface area contributed by atoms with Gasteiger partial charge < -0.3 is 10.1 Å². The Balaban J connectivity index is 1.66. The molecule has 4 rings (SSSR count). The molecular weight excluding hydrogens is 426 g/mol. The van der Waals surface area contributed by atoms with Gasteiger partial charge in [-0.05, 0) is 61.4 Å². The maximum atomic E-state index is 13.5. The van der Waals surface area contributed by atoms with E-state index >= 15 is 0 Å². The summed E-state index contributed by atoms with van der Waals surface area (Å²) < 4.78 is 33.6. The third-order valence-electron chi connectivity index (χ3n) is 5.37. The predicted molar refractivity (Wildman–Crippen MR) is 121 cm³/mol. The van der Waals surface area contributed by atoms with Gasteiger partial charge in [-0.1, -0.05) is 24.3 Å². The Morgan fingerprint density at radius 2 is 1.91 bits per heavy atom. The summed E-state index contributed by atoms with van der Waals surface area (Å²) in [4.78, 5) is 12.9. The molecule has 3 aromatic rings. The van der Waals surface area contributed by atoms with Crippen LogP contribution in [0.3, 0.4) is 0 Å². The fourth-order valence-electron chi connectivity index (χ4n) is 3.88. The normalized spacial score (nSPS) is 15.0. The summed E-state index contributed by atoms with van der Waals surface area (Å²) >= 11 is 0. The second-order valence-corrected chi connectivity index (χ2v) is 9.31. The minimum Gasteiger partial charge on any atom is -0.495 e. The molecule has 0 aromatic heterocycles. The van der Waals surface area contributed by atoms with Gasteiger partial charge in [-0.2, -0.15) is 5.26 Å². The van der Waals surface area contributed by atoms with Crippen molar-refractivity contribution >= 4 is 27.3 Å². The van der Waals surface area contributed by atoms with E-state index in [2.05, 4.69) is 5.32 Å². The molecule has 0 radical (unpaired) electrons. The van der Waals surface area contributed by atoms with E-state index in [0.717, 1.165) is 5.56 Å². The maximum Gasteiger partial charge on any atom is 0.264 e. The van der Waals surface area contributed by atoms with Crippen molar-refractivity contribution < 1.29 is 17.9 Å². The first-order chi connectivity index (χ1) is 15.3. The van der Waals surface area contributed by atoms with Gasteiger partial charge in [0.05, 0.1) is 35.0 Å². The zero-order valence-corrected chi connectivity index (χ0v) is 18.4. The van der Waals surface area contributed by atoms with E-state index in [-0.39, 0.29) is 16.5 Å². The quantitative estimate of drug-likeness (QED) is 0.638. The van der Waals surface area contributed by atoms with Gasteiger partial charge in [0.1, 0.15) is 5.75 Å². The molecule has 1 unspecified atom stereocenters. The number of nitrogens with one attached hydrogen (secondary N) is 1. The van der Waals surface area contributed by atoms with Crippen molar-refractivity contribution in [3.63, 3.8) is 0 Å². The molecule has 3 aromatic carbocycles. The molecule has 0 aliphatic carbocycles. The van der Waals surface area contributed by atoms with E-state index in [1.807, 2.05) is 31.2 Å². The molecule has 7 nitrogen and oxygen atoms in total. The molecule has 1 atom stereocenters. The van der Waals surface area contributed by atoms with Crippen LogP contribution in [0.1, 0.15) is 28.4 Å². The highest BCUT2D eigenvalue weighted by Gasteiger charge is 2.36. The molecular formula is C24H21N3O4S. The lowest BCUT2D eigenvalue weighted by Crippen LogP contribution is -2.35. The summed E-state index contributed by atoms with van der Waals surface area (Å²) in [6, 6.07) is 19.8. The minimum atomic E-state index is -3.87. The first-order valence-electron chi connectivity index (χ1n) is 9.97. The molecule has 8 heteroatoms. The first-order valence-corrected chi connectivity index (χ1v) is 11.4. The smallest absolute Gasteiger partial charge is 0.264 e. The van der Waals surface area contributed by atoms with Crippen LogP contribution in [0.15, 0.2) is 71.6 Å². The van der Waals surface area contributed by atoms with Crippen LogP contribution in [0, 0.1) is 11.3 Å². The van der Waals surface area contributed by atoms with Crippen molar-refractivity contribution in [1.82, 2.24) is 0 Å². The van der Waals surface area contributed by atoms with Gasteiger partial charge in [0.2, 0.25) is 0 Å². The van der Waals surface area contributed by atoms with Crippen molar-refractivity contribution in [3.8, 4) is 11.8 Å². The fourth-order valence-corrected chi connectivity index (χ4v) is 5.62. The van der Waals surface area contributed by atoms with Gasteiger partial charge >= 0.3 is 0 Å². The summed E-state index contributed by atoms with van der Waals surface area (Å²) in [6.45, 7) is 1.86. The fraction of sp³-hybridized carbons (Fsp3) is 0.167. The molecule has 162 valence electrons. The van der Waals surface area contributed by atoms with Gasteiger partial charge in [0.15, 0.2) is 0 Å². The van der Waals surface area contributed by atoms with Gasteiger partial charge in [-0.25, -0.2) is 8.42 Å². The molecule has 0 saturated heterocycles. The van der Waals surface area contributed by atoms with Crippen LogP contribution in [-0.2, 0) is 16.4 Å². The number of methoxy groups -OCH3 is 1. The lowest BCUT2D eigenvalue weighted by molar-refractivity contribution is 0.102. The Kier molecular flexibility index (Phi) is 5.59. The van der Waals surface area contributed by atoms with Crippen LogP contribution in [0.5, 0.6) is 5.75 Å². The van der Waals surface area contributed by atoms with Crippen molar-refractivity contribution in [2.45, 2.75) is 24.3 Å². The molecule has 0 fully saturated rings. The number of anilines is 2. The van der Waals surface area contributed by atoms with Gasteiger partial charge in [0.25, 0.3) is 15.9 Å². The Morgan fingerprint density at radius 1 is 1.12 bits per heavy atom. The zero-order chi connectivity index (χ0) is 22.9. The van der Waals surface area contributed by atoms with Crippen molar-refractivity contribution in [3.05, 3.63) is 83.4 Å². The average Bonchev–Trinajstić information content (AvgIpc) is 3.15. The third kappa shape index (κ3) is 3.79. The SMILES string of the molecule is COc1ccc(C#N)cc1NC(=O)c1cccc(S(=O)(=O)N2c3ccccc3CC2C)c1. The molecule has 1 N–H and O–H groups in total. The highest BCUT2D eigenvalue weighted by molar-refractivity contribution is 7.92. The number of rotatable bonds is 5. The van der Waals surface area contributed by atoms with Crippen LogP contribution in [0.2, 0.25) is 0 Å². The molecule has 0 spiro atoms. The summed E-state index contributed by atoms with van der Waals surface area (Å²) in [5, 5.41) is 11.8. The van der Waals surface area contributed by atoms with Gasteiger partial charge in [0, 0.05) is 11.6 Å². The van der Waals surface area contributed by atoms with E-state index < -0.39 is 15.9 Å². The largest absolute Gasteiger partial charge is 0.495 e. The van der Waals surface area contributed by atoms with Gasteiger partial charge in [-0.3, -0.25) is 9.10 Å². The van der Waals surface area contributed by atoms with Crippen LogP contribution < -0.4 is 14.4 Å². The van der Waals surface area contributed by atoms with Crippen molar-refractivity contribution in [2.24, 2.45) is 0 Å². The third-order valence-corrected chi connectivity index (χ3v) is 7.30. The maximum absolute atomic E-state index is 13.5. The topological polar surface area (TPSA) is 99.5 Å². The Morgan fingerprint density at radius 3 is 2.66 bits per heavy atom. The van der Waals surface area contributed by atoms with E-state index in [0.29, 0.717) is 29.1 Å². The molecule has 1 amide bonds. The van der Waals surface area contributed by atoms with E-state index in [1.54, 1.807) is 18.2 Å². The number of nitrogens with zero attached hydrogens (tertiary/aromatic N) is 2. The molecule has 1 aliphatic rings. The van der Waals surface area contributed by atoms with Gasteiger partial charge in [-0.15, -0.1) is 0 Å². The molecule has 1 aliphatic heterocycles. The Bertz CT molecular complexity index is 1350. The number of para-hydroxylation sites is 1. The highest BCUT2D eigenvalue weighted by Crippen LogP contribution is 2.36. The Hall–Kier alpha value is -3.83. The van der Waals surface area contributed by atoms with E-state index in [9.17, 15) is 13.2 Å². The summed E-state index contributed by atoms with van der Waals surface area (Å²) in [5.74, 6) is -0.117. The van der Waals surface area contributed by atoms with Crippen molar-refractivity contribution in [2.75, 3.05) is 16.7 Å². The van der Waals surface area contributed by atoms with Crippen LogP contribution in [-0.4, -0.2) is 27.5 Å². The summed E-state index contributed by atoms with van der Waals surface area (Å²) in [5.41, 5.74) is 2.50. The minimum absolute atomic E-state index is 0.0337. The number of amides is 1. The molecule has 1 heterocycles. The number of hydrogen-bond donors (Lipinski definition) is 1. The van der Waals surface area contributed by atoms with E-state index in [1.165, 1.54) is 41.7 Å². The van der Waals surface area contributed by atoms with Crippen molar-refractivity contribution in [1.29, 1.82) is 5.26 Å². The number of sulfonamides is 1. The number of carbonyl (C=O) groups is 1. The van der Waals surface area contributed by atoms with E-state index in [4.69, 9.17) is 10.00 Å². The highest BCUT2D eigenvalue weighted by atomic mass is 32.2. The number of nitriles is 1. The monoisotopic (exact) mass is 447 g/mol. The number of benzene rings is 3. The second kappa shape index (κ2) is 8.36. The van der Waals surface area contributed by atoms with Crippen LogP contribution in [0.25, 0.3) is 0 Å². The standard InChI is InChI=1S/C24H21N3O4S/c1-16-12-18-6-3-4-9-22(18)27(16)32(29,30)20-8-5-7-19(14-20)24(28)26-21-13-17(15-25)10-11-23(21)31-2/h3-11,13-14,16H,12H2,1-2H3,(H,26,28). The number of ether oxygens (including phenoxy) is 1. The second-order valence-electron chi connectivity index (χ2n) is 7.49. The zero-order valence-electron chi connectivity index (χ0n) is 17.6. The first kappa shape index (κ1) is 21.4. The number of carbonyl (C=O) groups excluding carboxylic acids is 1. The van der Waals surface area contributed by atoms with Crippen LogP contribution in [0.4, 0.5) is 11.4 Å². The number of fused-ring (bicyclic) bond motifs is 1.